The van der Waals surface area contributed by atoms with Crippen molar-refractivity contribution >= 4 is 5.97 Å². The quantitative estimate of drug-likeness (QED) is 0.726. The van der Waals surface area contributed by atoms with Gasteiger partial charge in [0, 0.05) is 6.42 Å². The van der Waals surface area contributed by atoms with E-state index in [9.17, 15) is 4.79 Å². The fraction of sp³-hybridized carbons (Fsp3) is 0.500. The molecule has 16 heavy (non-hydrogen) atoms. The molecular weight excluding hydrogens is 200 g/mol. The average molecular weight is 218 g/mol. The molecule has 0 heterocycles. The van der Waals surface area contributed by atoms with Crippen LogP contribution in [-0.2, 0) is 22.4 Å². The molecule has 2 nitrogen and oxygen atoms in total. The Morgan fingerprint density at radius 2 is 1.94 bits per heavy atom. The highest BCUT2D eigenvalue weighted by atomic mass is 16.5. The summed E-state index contributed by atoms with van der Waals surface area (Å²) in [6.07, 6.45) is 3.76. The van der Waals surface area contributed by atoms with Gasteiger partial charge in [0.25, 0.3) is 0 Å². The zero-order chi connectivity index (χ0) is 11.4. The first-order chi connectivity index (χ1) is 7.79. The van der Waals surface area contributed by atoms with E-state index in [4.69, 9.17) is 4.74 Å². The van der Waals surface area contributed by atoms with Gasteiger partial charge in [-0.1, -0.05) is 24.3 Å². The third kappa shape index (κ3) is 2.63. The van der Waals surface area contributed by atoms with E-state index < -0.39 is 0 Å². The molecule has 1 aromatic rings. The van der Waals surface area contributed by atoms with E-state index in [2.05, 4.69) is 24.3 Å². The average Bonchev–Trinajstić information content (AvgIpc) is 2.69. The van der Waals surface area contributed by atoms with Gasteiger partial charge in [-0.05, 0) is 43.2 Å². The first-order valence-corrected chi connectivity index (χ1v) is 6.02. The molecule has 0 N–H and O–H groups in total. The number of hydrogen-bond acceptors (Lipinski definition) is 2. The predicted molar refractivity (Wildman–Crippen MR) is 63.2 cm³/mol. The lowest BCUT2D eigenvalue weighted by atomic mass is 10.0. The van der Waals surface area contributed by atoms with Gasteiger partial charge in [-0.2, -0.15) is 0 Å². The van der Waals surface area contributed by atoms with Gasteiger partial charge >= 0.3 is 5.97 Å². The SMILES string of the molecule is CCOC(=O)CCC1Cc2ccccc2C1. The second-order valence-electron chi connectivity index (χ2n) is 4.39. The maximum Gasteiger partial charge on any atom is 0.305 e. The van der Waals surface area contributed by atoms with Crippen LogP contribution in [0.1, 0.15) is 30.9 Å². The maximum absolute atomic E-state index is 11.3. The molecule has 0 bridgehead atoms. The van der Waals surface area contributed by atoms with Crippen LogP contribution in [0.5, 0.6) is 0 Å². The number of esters is 1. The molecule has 1 aliphatic rings. The lowest BCUT2D eigenvalue weighted by molar-refractivity contribution is -0.143. The van der Waals surface area contributed by atoms with Crippen molar-refractivity contribution in [2.45, 2.75) is 32.6 Å². The molecule has 0 fully saturated rings. The highest BCUT2D eigenvalue weighted by Crippen LogP contribution is 2.29. The third-order valence-electron chi connectivity index (χ3n) is 3.20. The molecule has 86 valence electrons. The summed E-state index contributed by atoms with van der Waals surface area (Å²) in [6, 6.07) is 8.57. The van der Waals surface area contributed by atoms with Crippen molar-refractivity contribution in [2.75, 3.05) is 6.61 Å². The van der Waals surface area contributed by atoms with E-state index in [0.717, 1.165) is 19.3 Å². The number of carbonyl (C=O) groups is 1. The fourth-order valence-corrected chi connectivity index (χ4v) is 2.41. The Morgan fingerprint density at radius 1 is 1.31 bits per heavy atom. The topological polar surface area (TPSA) is 26.3 Å². The van der Waals surface area contributed by atoms with E-state index in [0.29, 0.717) is 18.9 Å². The molecule has 2 rings (SSSR count). The van der Waals surface area contributed by atoms with E-state index >= 15 is 0 Å². The molecule has 1 aliphatic carbocycles. The van der Waals surface area contributed by atoms with Crippen molar-refractivity contribution in [3.05, 3.63) is 35.4 Å². The van der Waals surface area contributed by atoms with Crippen LogP contribution in [0.2, 0.25) is 0 Å². The summed E-state index contributed by atoms with van der Waals surface area (Å²) < 4.78 is 4.94. The summed E-state index contributed by atoms with van der Waals surface area (Å²) >= 11 is 0. The van der Waals surface area contributed by atoms with Gasteiger partial charge in [0.05, 0.1) is 6.61 Å². The number of benzene rings is 1. The summed E-state index contributed by atoms with van der Waals surface area (Å²) in [6.45, 7) is 2.34. The molecule has 0 atom stereocenters. The Hall–Kier alpha value is -1.31. The van der Waals surface area contributed by atoms with Gasteiger partial charge < -0.3 is 4.74 Å². The Bertz CT molecular complexity index is 346. The Balaban J connectivity index is 1.81. The minimum Gasteiger partial charge on any atom is -0.466 e. The van der Waals surface area contributed by atoms with Crippen molar-refractivity contribution < 1.29 is 9.53 Å². The molecule has 1 aromatic carbocycles. The van der Waals surface area contributed by atoms with E-state index in [1.165, 1.54) is 11.1 Å². The zero-order valence-electron chi connectivity index (χ0n) is 9.74. The van der Waals surface area contributed by atoms with Gasteiger partial charge in [0.15, 0.2) is 0 Å². The predicted octanol–water partition coefficient (Wildman–Crippen LogP) is 2.74. The summed E-state index contributed by atoms with van der Waals surface area (Å²) in [7, 11) is 0. The van der Waals surface area contributed by atoms with Crippen molar-refractivity contribution in [3.8, 4) is 0 Å². The smallest absolute Gasteiger partial charge is 0.305 e. The number of hydrogen-bond donors (Lipinski definition) is 0. The summed E-state index contributed by atoms with van der Waals surface area (Å²) in [4.78, 5) is 11.3. The highest BCUT2D eigenvalue weighted by molar-refractivity contribution is 5.69. The standard InChI is InChI=1S/C14H18O2/c1-2-16-14(15)8-7-11-9-12-5-3-4-6-13(12)10-11/h3-6,11H,2,7-10H2,1H3. The highest BCUT2D eigenvalue weighted by Gasteiger charge is 2.21. The lowest BCUT2D eigenvalue weighted by Crippen LogP contribution is -2.08. The number of ether oxygens (including phenoxy) is 1. The van der Waals surface area contributed by atoms with Crippen LogP contribution >= 0.6 is 0 Å². The minimum atomic E-state index is -0.0570. The monoisotopic (exact) mass is 218 g/mol. The normalized spacial score (nSPS) is 14.8. The molecule has 0 saturated carbocycles. The summed E-state index contributed by atoms with van der Waals surface area (Å²) in [5, 5.41) is 0. The first-order valence-electron chi connectivity index (χ1n) is 6.02. The fourth-order valence-electron chi connectivity index (χ4n) is 2.41. The zero-order valence-corrected chi connectivity index (χ0v) is 9.74. The van der Waals surface area contributed by atoms with Gasteiger partial charge in [0.2, 0.25) is 0 Å². The van der Waals surface area contributed by atoms with Crippen molar-refractivity contribution in [1.29, 1.82) is 0 Å². The van der Waals surface area contributed by atoms with Crippen molar-refractivity contribution in [1.82, 2.24) is 0 Å². The lowest BCUT2D eigenvalue weighted by Gasteiger charge is -2.07. The molecule has 0 amide bonds. The van der Waals surface area contributed by atoms with Crippen molar-refractivity contribution in [2.24, 2.45) is 5.92 Å². The Kier molecular flexibility index (Phi) is 3.60. The van der Waals surface area contributed by atoms with Crippen LogP contribution < -0.4 is 0 Å². The molecule has 0 radical (unpaired) electrons. The molecule has 0 aliphatic heterocycles. The van der Waals surface area contributed by atoms with Gasteiger partial charge in [-0.3, -0.25) is 4.79 Å². The second-order valence-corrected chi connectivity index (χ2v) is 4.39. The van der Waals surface area contributed by atoms with Crippen LogP contribution in [0.3, 0.4) is 0 Å². The number of rotatable bonds is 4. The van der Waals surface area contributed by atoms with Crippen LogP contribution in [0.25, 0.3) is 0 Å². The van der Waals surface area contributed by atoms with Gasteiger partial charge in [0.1, 0.15) is 0 Å². The van der Waals surface area contributed by atoms with Crippen LogP contribution in [-0.4, -0.2) is 12.6 Å². The molecule has 0 unspecified atom stereocenters. The van der Waals surface area contributed by atoms with E-state index in [-0.39, 0.29) is 5.97 Å². The molecule has 0 saturated heterocycles. The van der Waals surface area contributed by atoms with Gasteiger partial charge in [-0.15, -0.1) is 0 Å². The van der Waals surface area contributed by atoms with E-state index in [1.807, 2.05) is 6.92 Å². The summed E-state index contributed by atoms with van der Waals surface area (Å²) in [5.74, 6) is 0.570. The number of carbonyl (C=O) groups excluding carboxylic acids is 1. The molecular formula is C14H18O2. The largest absolute Gasteiger partial charge is 0.466 e. The number of fused-ring (bicyclic) bond motifs is 1. The summed E-state index contributed by atoms with van der Waals surface area (Å²) in [5.41, 5.74) is 2.91. The molecule has 0 aromatic heterocycles. The first kappa shape index (κ1) is 11.2. The van der Waals surface area contributed by atoms with Crippen LogP contribution in [0, 0.1) is 5.92 Å². The van der Waals surface area contributed by atoms with Crippen LogP contribution in [0.4, 0.5) is 0 Å². The minimum absolute atomic E-state index is 0.0570. The van der Waals surface area contributed by atoms with Crippen molar-refractivity contribution in [3.63, 3.8) is 0 Å². The van der Waals surface area contributed by atoms with Gasteiger partial charge in [-0.25, -0.2) is 0 Å². The Labute approximate surface area is 96.6 Å². The van der Waals surface area contributed by atoms with E-state index in [1.54, 1.807) is 0 Å². The second kappa shape index (κ2) is 5.15. The molecule has 0 spiro atoms. The third-order valence-corrected chi connectivity index (χ3v) is 3.20. The Morgan fingerprint density at radius 3 is 2.50 bits per heavy atom. The van der Waals surface area contributed by atoms with Crippen LogP contribution in [0.15, 0.2) is 24.3 Å². The molecule has 2 heteroatoms. The maximum atomic E-state index is 11.3.